The summed E-state index contributed by atoms with van der Waals surface area (Å²) >= 11 is 0. The third-order valence-corrected chi connectivity index (χ3v) is 3.49. The van der Waals surface area contributed by atoms with Gasteiger partial charge in [-0.25, -0.2) is 18.3 Å². The second kappa shape index (κ2) is 5.69. The Morgan fingerprint density at radius 2 is 2.36 bits per heavy atom. The van der Waals surface area contributed by atoms with E-state index in [1.807, 2.05) is 0 Å². The highest BCUT2D eigenvalue weighted by molar-refractivity contribution is 5.99. The second-order valence-electron chi connectivity index (χ2n) is 5.09. The molecule has 1 fully saturated rings. The van der Waals surface area contributed by atoms with Crippen LogP contribution in [0.15, 0.2) is 30.6 Å². The molecule has 2 heterocycles. The molecule has 0 aromatic carbocycles. The first-order valence-electron chi connectivity index (χ1n) is 6.91. The van der Waals surface area contributed by atoms with Gasteiger partial charge in [-0.1, -0.05) is 6.58 Å². The number of carbonyl (C=O) groups excluding carboxylic acids is 1. The first-order valence-corrected chi connectivity index (χ1v) is 6.91. The average molecular weight is 304 g/mol. The van der Waals surface area contributed by atoms with Gasteiger partial charge < -0.3 is 5.32 Å². The van der Waals surface area contributed by atoms with Crippen molar-refractivity contribution >= 4 is 11.6 Å². The minimum Gasteiger partial charge on any atom is -0.348 e. The van der Waals surface area contributed by atoms with Gasteiger partial charge >= 0.3 is 0 Å². The first kappa shape index (κ1) is 14.4. The molecule has 1 N–H and O–H groups in total. The van der Waals surface area contributed by atoms with Crippen molar-refractivity contribution in [2.45, 2.75) is 25.2 Å². The Morgan fingerprint density at radius 3 is 3.00 bits per heavy atom. The summed E-state index contributed by atoms with van der Waals surface area (Å²) in [4.78, 5) is 16.5. The maximum atomic E-state index is 13.2. The summed E-state index contributed by atoms with van der Waals surface area (Å²) in [6.45, 7) is 3.65. The molecule has 0 atom stereocenters. The summed E-state index contributed by atoms with van der Waals surface area (Å²) < 4.78 is 27.5. The summed E-state index contributed by atoms with van der Waals surface area (Å²) in [5, 5.41) is 6.50. The van der Waals surface area contributed by atoms with E-state index in [1.54, 1.807) is 6.08 Å². The number of nitrogens with one attached hydrogen (secondary N) is 1. The van der Waals surface area contributed by atoms with Crippen molar-refractivity contribution < 1.29 is 13.6 Å². The number of aromatic nitrogens is 3. The zero-order valence-corrected chi connectivity index (χ0v) is 11.7. The van der Waals surface area contributed by atoms with Crippen LogP contribution in [-0.2, 0) is 0 Å². The van der Waals surface area contributed by atoms with E-state index in [1.165, 1.54) is 12.3 Å². The van der Waals surface area contributed by atoms with E-state index in [0.717, 1.165) is 17.4 Å². The molecule has 3 rings (SSSR count). The zero-order valence-electron chi connectivity index (χ0n) is 11.7. The third-order valence-electron chi connectivity index (χ3n) is 3.49. The molecule has 0 unspecified atom stereocenters. The van der Waals surface area contributed by atoms with E-state index in [2.05, 4.69) is 27.7 Å². The lowest BCUT2D eigenvalue weighted by molar-refractivity contribution is 0.0959. The van der Waals surface area contributed by atoms with Crippen molar-refractivity contribution in [3.8, 4) is 0 Å². The van der Waals surface area contributed by atoms with Gasteiger partial charge in [0.15, 0.2) is 5.65 Å². The lowest BCUT2D eigenvalue weighted by atomic mass is 10.2. The molecule has 5 nitrogen and oxygen atoms in total. The number of fused-ring (bicyclic) bond motifs is 1. The lowest BCUT2D eigenvalue weighted by Gasteiger charge is -2.07. The highest BCUT2D eigenvalue weighted by Gasteiger charge is 2.29. The van der Waals surface area contributed by atoms with Crippen LogP contribution in [0.2, 0.25) is 0 Å². The monoisotopic (exact) mass is 304 g/mol. The van der Waals surface area contributed by atoms with Crippen molar-refractivity contribution in [3.63, 3.8) is 0 Å². The molecular formula is C15H14F2N4O. The van der Waals surface area contributed by atoms with Gasteiger partial charge in [-0.3, -0.25) is 4.79 Å². The molecule has 1 aliphatic carbocycles. The normalized spacial score (nSPS) is 14.1. The van der Waals surface area contributed by atoms with Crippen LogP contribution in [0.5, 0.6) is 0 Å². The van der Waals surface area contributed by atoms with E-state index in [-0.39, 0.29) is 29.4 Å². The maximum Gasteiger partial charge on any atom is 0.280 e. The Morgan fingerprint density at radius 1 is 1.59 bits per heavy atom. The summed E-state index contributed by atoms with van der Waals surface area (Å²) in [6.07, 6.45) is 2.01. The number of hydrogen-bond acceptors (Lipinski definition) is 3. The van der Waals surface area contributed by atoms with Crippen molar-refractivity contribution in [2.24, 2.45) is 0 Å². The van der Waals surface area contributed by atoms with E-state index in [4.69, 9.17) is 0 Å². The van der Waals surface area contributed by atoms with Gasteiger partial charge in [0.2, 0.25) is 0 Å². The van der Waals surface area contributed by atoms with Crippen LogP contribution < -0.4 is 5.32 Å². The molecule has 2 aromatic heterocycles. The van der Waals surface area contributed by atoms with Crippen LogP contribution in [0.3, 0.4) is 0 Å². The molecule has 7 heteroatoms. The zero-order chi connectivity index (χ0) is 15.7. The van der Waals surface area contributed by atoms with Crippen molar-refractivity contribution in [1.82, 2.24) is 19.9 Å². The molecule has 1 amide bonds. The molecule has 1 aliphatic rings. The fraction of sp³-hybridized carbons (Fsp3) is 0.333. The highest BCUT2D eigenvalue weighted by Crippen LogP contribution is 2.40. The molecule has 0 spiro atoms. The molecule has 22 heavy (non-hydrogen) atoms. The first-order chi connectivity index (χ1) is 10.6. The maximum absolute atomic E-state index is 13.2. The van der Waals surface area contributed by atoms with Crippen LogP contribution in [0, 0.1) is 0 Å². The summed E-state index contributed by atoms with van der Waals surface area (Å²) in [7, 11) is 0. The predicted molar refractivity (Wildman–Crippen MR) is 76.0 cm³/mol. The fourth-order valence-electron chi connectivity index (χ4n) is 2.22. The molecule has 114 valence electrons. The smallest absolute Gasteiger partial charge is 0.280 e. The fourth-order valence-corrected chi connectivity index (χ4v) is 2.22. The molecule has 0 saturated heterocycles. The molecule has 1 saturated carbocycles. The van der Waals surface area contributed by atoms with Gasteiger partial charge in [0.25, 0.3) is 12.3 Å². The summed E-state index contributed by atoms with van der Waals surface area (Å²) in [5.74, 6) is -0.209. The van der Waals surface area contributed by atoms with Gasteiger partial charge in [-0.05, 0) is 25.0 Å². The van der Waals surface area contributed by atoms with Crippen LogP contribution in [0.25, 0.3) is 5.65 Å². The quantitative estimate of drug-likeness (QED) is 0.864. The Bertz CT molecular complexity index is 773. The van der Waals surface area contributed by atoms with Crippen molar-refractivity contribution in [1.29, 1.82) is 0 Å². The van der Waals surface area contributed by atoms with E-state index in [0.29, 0.717) is 5.69 Å². The van der Waals surface area contributed by atoms with Gasteiger partial charge in [0.05, 0.1) is 6.20 Å². The van der Waals surface area contributed by atoms with E-state index >= 15 is 0 Å². The summed E-state index contributed by atoms with van der Waals surface area (Å²) in [6, 6.07) is 1.38. The molecule has 0 aliphatic heterocycles. The average Bonchev–Trinajstić information content (AvgIpc) is 3.25. The van der Waals surface area contributed by atoms with Crippen LogP contribution in [-0.4, -0.2) is 27.0 Å². The topological polar surface area (TPSA) is 59.3 Å². The van der Waals surface area contributed by atoms with Crippen LogP contribution in [0.4, 0.5) is 8.78 Å². The van der Waals surface area contributed by atoms with Gasteiger partial charge in [-0.15, -0.1) is 5.73 Å². The number of rotatable bonds is 5. The number of hydrogen-bond donors (Lipinski definition) is 1. The van der Waals surface area contributed by atoms with E-state index < -0.39 is 12.3 Å². The largest absolute Gasteiger partial charge is 0.348 e. The number of carbonyl (C=O) groups is 1. The van der Waals surface area contributed by atoms with Crippen LogP contribution >= 0.6 is 0 Å². The van der Waals surface area contributed by atoms with Gasteiger partial charge in [0.1, 0.15) is 11.3 Å². The van der Waals surface area contributed by atoms with Gasteiger partial charge in [0, 0.05) is 18.2 Å². The summed E-state index contributed by atoms with van der Waals surface area (Å²) in [5.41, 5.74) is 3.25. The van der Waals surface area contributed by atoms with Crippen molar-refractivity contribution in [2.75, 3.05) is 6.54 Å². The minimum absolute atomic E-state index is 0.166. The Kier molecular flexibility index (Phi) is 3.73. The number of halogens is 2. The Labute approximate surface area is 125 Å². The van der Waals surface area contributed by atoms with Crippen LogP contribution in [0.1, 0.15) is 46.9 Å². The Balaban J connectivity index is 2.04. The Hall–Kier alpha value is -2.53. The van der Waals surface area contributed by atoms with Gasteiger partial charge in [-0.2, -0.15) is 5.10 Å². The van der Waals surface area contributed by atoms with Crippen molar-refractivity contribution in [3.05, 3.63) is 47.6 Å². The second-order valence-corrected chi connectivity index (χ2v) is 5.09. The predicted octanol–water partition coefficient (Wildman–Crippen LogP) is 2.62. The number of nitrogens with zero attached hydrogens (tertiary/aromatic N) is 3. The van der Waals surface area contributed by atoms with E-state index in [9.17, 15) is 13.6 Å². The third kappa shape index (κ3) is 2.63. The minimum atomic E-state index is -2.68. The standard InChI is InChI=1S/C15H14F2N4O/c1-2-3-6-18-15(22)10-8-19-21-12(13(16)17)7-11(9-4-5-9)20-14(10)21/h3,7-9,13H,1,4-6H2,(H,18,22). The molecule has 2 aromatic rings. The molecule has 0 radical (unpaired) electrons. The molecular weight excluding hydrogens is 290 g/mol. The lowest BCUT2D eigenvalue weighted by Crippen LogP contribution is -2.23. The SMILES string of the molecule is C=C=CCNC(=O)c1cnn2c(C(F)F)cc(C3CC3)nc12. The number of alkyl halides is 2. The highest BCUT2D eigenvalue weighted by atomic mass is 19.3. The number of amides is 1. The molecule has 0 bridgehead atoms.